The van der Waals surface area contributed by atoms with Gasteiger partial charge >= 0.3 is 6.09 Å². The van der Waals surface area contributed by atoms with Crippen LogP contribution in [0.25, 0.3) is 0 Å². The standard InChI is InChI=1S/C7H9N3O2/c8-6-1-5(2-10-3-6)4-12-7(9)11/h1-3H,4,8H2,(H2,9,11). The molecular formula is C7H9N3O2. The molecule has 0 aliphatic carbocycles. The highest BCUT2D eigenvalue weighted by Crippen LogP contribution is 2.04. The van der Waals surface area contributed by atoms with Gasteiger partial charge in [-0.2, -0.15) is 0 Å². The number of primary amides is 1. The van der Waals surface area contributed by atoms with Crippen molar-refractivity contribution < 1.29 is 9.53 Å². The minimum Gasteiger partial charge on any atom is -0.445 e. The summed E-state index contributed by atoms with van der Waals surface area (Å²) in [6.45, 7) is 0.105. The molecule has 5 nitrogen and oxygen atoms in total. The Labute approximate surface area is 69.3 Å². The van der Waals surface area contributed by atoms with Crippen LogP contribution < -0.4 is 11.5 Å². The topological polar surface area (TPSA) is 91.2 Å². The second-order valence-electron chi connectivity index (χ2n) is 2.23. The van der Waals surface area contributed by atoms with Gasteiger partial charge in [-0.15, -0.1) is 0 Å². The average molecular weight is 167 g/mol. The first-order valence-corrected chi connectivity index (χ1v) is 3.30. The lowest BCUT2D eigenvalue weighted by molar-refractivity contribution is 0.150. The summed E-state index contributed by atoms with van der Waals surface area (Å²) in [6, 6.07) is 1.66. The average Bonchev–Trinajstić information content (AvgIpc) is 2.01. The van der Waals surface area contributed by atoms with Crippen LogP contribution in [0.2, 0.25) is 0 Å². The van der Waals surface area contributed by atoms with E-state index in [1.54, 1.807) is 12.3 Å². The monoisotopic (exact) mass is 167 g/mol. The molecule has 12 heavy (non-hydrogen) atoms. The third-order valence-corrected chi connectivity index (χ3v) is 1.20. The van der Waals surface area contributed by atoms with Gasteiger partial charge in [-0.3, -0.25) is 4.98 Å². The maximum absolute atomic E-state index is 10.2. The molecule has 5 heteroatoms. The Bertz CT molecular complexity index is 288. The Balaban J connectivity index is 2.57. The van der Waals surface area contributed by atoms with Gasteiger partial charge in [-0.05, 0) is 6.07 Å². The van der Waals surface area contributed by atoms with E-state index in [0.29, 0.717) is 11.3 Å². The molecule has 0 unspecified atom stereocenters. The Kier molecular flexibility index (Phi) is 2.47. The fourth-order valence-electron chi connectivity index (χ4n) is 0.741. The quantitative estimate of drug-likeness (QED) is 0.660. The number of pyridine rings is 1. The van der Waals surface area contributed by atoms with Crippen LogP contribution in [-0.2, 0) is 11.3 Å². The van der Waals surface area contributed by atoms with E-state index in [-0.39, 0.29) is 6.61 Å². The van der Waals surface area contributed by atoms with Crippen molar-refractivity contribution in [3.63, 3.8) is 0 Å². The van der Waals surface area contributed by atoms with E-state index in [4.69, 9.17) is 11.5 Å². The van der Waals surface area contributed by atoms with Crippen LogP contribution in [0.15, 0.2) is 18.5 Å². The zero-order chi connectivity index (χ0) is 8.97. The molecule has 4 N–H and O–H groups in total. The van der Waals surface area contributed by atoms with Crippen LogP contribution in [0.3, 0.4) is 0 Å². The molecule has 1 amide bonds. The lowest BCUT2D eigenvalue weighted by Gasteiger charge is -2.00. The molecule has 0 bridgehead atoms. The molecule has 0 aromatic carbocycles. The fraction of sp³-hybridized carbons (Fsp3) is 0.143. The Morgan fingerprint density at radius 3 is 2.92 bits per heavy atom. The number of hydrogen-bond acceptors (Lipinski definition) is 4. The summed E-state index contributed by atoms with van der Waals surface area (Å²) < 4.78 is 4.53. The molecule has 0 saturated carbocycles. The molecule has 0 spiro atoms. The second kappa shape index (κ2) is 3.56. The zero-order valence-electron chi connectivity index (χ0n) is 6.36. The van der Waals surface area contributed by atoms with Crippen LogP contribution in [-0.4, -0.2) is 11.1 Å². The summed E-state index contributed by atoms with van der Waals surface area (Å²) in [5.74, 6) is 0. The van der Waals surface area contributed by atoms with Gasteiger partial charge in [0.15, 0.2) is 0 Å². The highest BCUT2D eigenvalue weighted by Gasteiger charge is 1.96. The van der Waals surface area contributed by atoms with E-state index in [9.17, 15) is 4.79 Å². The summed E-state index contributed by atoms with van der Waals surface area (Å²) in [7, 11) is 0. The Morgan fingerprint density at radius 1 is 1.58 bits per heavy atom. The number of carbonyl (C=O) groups excluding carboxylic acids is 1. The van der Waals surface area contributed by atoms with E-state index >= 15 is 0 Å². The van der Waals surface area contributed by atoms with E-state index in [1.807, 2.05) is 0 Å². The predicted octanol–water partition coefficient (Wildman–Crippen LogP) is 0.259. The maximum Gasteiger partial charge on any atom is 0.404 e. The summed E-state index contributed by atoms with van der Waals surface area (Å²) >= 11 is 0. The van der Waals surface area contributed by atoms with Crippen LogP contribution in [0, 0.1) is 0 Å². The van der Waals surface area contributed by atoms with Gasteiger partial charge in [0.25, 0.3) is 0 Å². The van der Waals surface area contributed by atoms with Gasteiger partial charge in [0.1, 0.15) is 6.61 Å². The molecular weight excluding hydrogens is 158 g/mol. The molecule has 0 aliphatic rings. The SMILES string of the molecule is NC(=O)OCc1cncc(N)c1. The van der Waals surface area contributed by atoms with Crippen LogP contribution in [0.1, 0.15) is 5.56 Å². The smallest absolute Gasteiger partial charge is 0.404 e. The molecule has 0 aliphatic heterocycles. The van der Waals surface area contributed by atoms with E-state index in [0.717, 1.165) is 0 Å². The van der Waals surface area contributed by atoms with Gasteiger partial charge in [-0.1, -0.05) is 0 Å². The largest absolute Gasteiger partial charge is 0.445 e. The third-order valence-electron chi connectivity index (χ3n) is 1.20. The van der Waals surface area contributed by atoms with Crippen molar-refractivity contribution >= 4 is 11.8 Å². The summed E-state index contributed by atoms with van der Waals surface area (Å²) in [5.41, 5.74) is 11.4. The van der Waals surface area contributed by atoms with Crippen LogP contribution in [0.4, 0.5) is 10.5 Å². The number of aromatic nitrogens is 1. The van der Waals surface area contributed by atoms with E-state index in [2.05, 4.69) is 9.72 Å². The molecule has 0 fully saturated rings. The van der Waals surface area contributed by atoms with Crippen molar-refractivity contribution in [3.8, 4) is 0 Å². The highest BCUT2D eigenvalue weighted by molar-refractivity contribution is 5.64. The first kappa shape index (κ1) is 8.32. The van der Waals surface area contributed by atoms with Crippen LogP contribution in [0.5, 0.6) is 0 Å². The predicted molar refractivity (Wildman–Crippen MR) is 43.0 cm³/mol. The zero-order valence-corrected chi connectivity index (χ0v) is 6.36. The van der Waals surface area contributed by atoms with Gasteiger partial charge in [0.2, 0.25) is 0 Å². The number of amides is 1. The van der Waals surface area contributed by atoms with E-state index < -0.39 is 6.09 Å². The van der Waals surface area contributed by atoms with Crippen molar-refractivity contribution in [2.45, 2.75) is 6.61 Å². The molecule has 1 aromatic heterocycles. The molecule has 1 heterocycles. The molecule has 0 atom stereocenters. The Hall–Kier alpha value is -1.78. The minimum atomic E-state index is -0.808. The number of nitrogens with zero attached hydrogens (tertiary/aromatic N) is 1. The van der Waals surface area contributed by atoms with Gasteiger partial charge in [0, 0.05) is 18.0 Å². The number of rotatable bonds is 2. The normalized spacial score (nSPS) is 9.33. The summed E-state index contributed by atoms with van der Waals surface area (Å²) in [6.07, 6.45) is 2.25. The molecule has 0 saturated heterocycles. The van der Waals surface area contributed by atoms with Crippen molar-refractivity contribution in [1.29, 1.82) is 0 Å². The third kappa shape index (κ3) is 2.45. The van der Waals surface area contributed by atoms with Crippen LogP contribution >= 0.6 is 0 Å². The number of ether oxygens (including phenoxy) is 1. The summed E-state index contributed by atoms with van der Waals surface area (Å²) in [5, 5.41) is 0. The number of nitrogens with two attached hydrogens (primary N) is 2. The second-order valence-corrected chi connectivity index (χ2v) is 2.23. The molecule has 64 valence electrons. The molecule has 1 aromatic rings. The van der Waals surface area contributed by atoms with Crippen molar-refractivity contribution in [3.05, 3.63) is 24.0 Å². The van der Waals surface area contributed by atoms with E-state index in [1.165, 1.54) is 6.20 Å². The number of carbonyl (C=O) groups is 1. The van der Waals surface area contributed by atoms with Gasteiger partial charge in [-0.25, -0.2) is 4.79 Å². The number of nitrogen functional groups attached to an aromatic ring is 1. The van der Waals surface area contributed by atoms with Crippen molar-refractivity contribution in [2.24, 2.45) is 5.73 Å². The number of hydrogen-bond donors (Lipinski definition) is 2. The summed E-state index contributed by atoms with van der Waals surface area (Å²) in [4.78, 5) is 14.0. The lowest BCUT2D eigenvalue weighted by atomic mass is 10.3. The molecule has 1 rings (SSSR count). The van der Waals surface area contributed by atoms with Crippen molar-refractivity contribution in [2.75, 3.05) is 5.73 Å². The lowest BCUT2D eigenvalue weighted by Crippen LogP contribution is -2.12. The fourth-order valence-corrected chi connectivity index (χ4v) is 0.741. The van der Waals surface area contributed by atoms with Gasteiger partial charge in [0.05, 0.1) is 5.69 Å². The Morgan fingerprint density at radius 2 is 2.33 bits per heavy atom. The van der Waals surface area contributed by atoms with Crippen molar-refractivity contribution in [1.82, 2.24) is 4.98 Å². The highest BCUT2D eigenvalue weighted by atomic mass is 16.5. The first-order chi connectivity index (χ1) is 5.68. The molecule has 0 radical (unpaired) electrons. The number of anilines is 1. The maximum atomic E-state index is 10.2. The first-order valence-electron chi connectivity index (χ1n) is 3.30. The minimum absolute atomic E-state index is 0.105. The van der Waals surface area contributed by atoms with Gasteiger partial charge < -0.3 is 16.2 Å².